The first-order valence-corrected chi connectivity index (χ1v) is 8.37. The average molecular weight is 327 g/mol. The number of halogens is 1. The molecule has 0 radical (unpaired) electrons. The zero-order chi connectivity index (χ0) is 17.1. The van der Waals surface area contributed by atoms with Crippen LogP contribution in [0.15, 0.2) is 18.2 Å². The SMILES string of the molecule is Cc1nc(C)n(C[C@@H]2CCCCN2Cc2ccc(F)cc2C#N)n1. The summed E-state index contributed by atoms with van der Waals surface area (Å²) >= 11 is 0. The van der Waals surface area contributed by atoms with Crippen LogP contribution in [-0.4, -0.2) is 32.3 Å². The highest BCUT2D eigenvalue weighted by Crippen LogP contribution is 2.23. The van der Waals surface area contributed by atoms with Crippen molar-refractivity contribution in [2.75, 3.05) is 6.54 Å². The molecule has 0 amide bonds. The van der Waals surface area contributed by atoms with E-state index in [2.05, 4.69) is 21.1 Å². The normalized spacial score (nSPS) is 18.5. The number of hydrogen-bond acceptors (Lipinski definition) is 4. The second kappa shape index (κ2) is 7.10. The van der Waals surface area contributed by atoms with Gasteiger partial charge in [0, 0.05) is 12.6 Å². The lowest BCUT2D eigenvalue weighted by atomic mass is 9.99. The molecule has 1 atom stereocenters. The quantitative estimate of drug-likeness (QED) is 0.866. The van der Waals surface area contributed by atoms with Crippen LogP contribution in [0.2, 0.25) is 0 Å². The molecule has 1 aliphatic rings. The molecule has 0 unspecified atom stereocenters. The van der Waals surface area contributed by atoms with Gasteiger partial charge in [-0.3, -0.25) is 4.90 Å². The van der Waals surface area contributed by atoms with E-state index in [1.54, 1.807) is 6.07 Å². The molecule has 1 saturated heterocycles. The molecule has 5 nitrogen and oxygen atoms in total. The zero-order valence-electron chi connectivity index (χ0n) is 14.2. The maximum absolute atomic E-state index is 13.3. The van der Waals surface area contributed by atoms with E-state index >= 15 is 0 Å². The van der Waals surface area contributed by atoms with E-state index in [4.69, 9.17) is 0 Å². The lowest BCUT2D eigenvalue weighted by molar-refractivity contribution is 0.121. The fraction of sp³-hybridized carbons (Fsp3) is 0.500. The number of aryl methyl sites for hydroxylation is 2. The first-order chi connectivity index (χ1) is 11.6. The van der Waals surface area contributed by atoms with Crippen molar-refractivity contribution >= 4 is 0 Å². The van der Waals surface area contributed by atoms with Gasteiger partial charge in [-0.15, -0.1) is 0 Å². The molecule has 2 aromatic rings. The van der Waals surface area contributed by atoms with Crippen LogP contribution in [0.1, 0.15) is 42.0 Å². The summed E-state index contributed by atoms with van der Waals surface area (Å²) in [6.07, 6.45) is 3.44. The molecule has 24 heavy (non-hydrogen) atoms. The lowest BCUT2D eigenvalue weighted by Crippen LogP contribution is -2.42. The Labute approximate surface area is 141 Å². The molecule has 0 bridgehead atoms. The Balaban J connectivity index is 1.78. The van der Waals surface area contributed by atoms with E-state index in [-0.39, 0.29) is 5.82 Å². The fourth-order valence-corrected chi connectivity index (χ4v) is 3.42. The van der Waals surface area contributed by atoms with Crippen molar-refractivity contribution < 1.29 is 4.39 Å². The van der Waals surface area contributed by atoms with E-state index < -0.39 is 0 Å². The van der Waals surface area contributed by atoms with Crippen LogP contribution in [0.3, 0.4) is 0 Å². The molecular formula is C18H22FN5. The van der Waals surface area contributed by atoms with Crippen LogP contribution >= 0.6 is 0 Å². The van der Waals surface area contributed by atoms with Gasteiger partial charge in [0.1, 0.15) is 17.5 Å². The molecule has 1 fully saturated rings. The molecule has 1 aliphatic heterocycles. The summed E-state index contributed by atoms with van der Waals surface area (Å²) in [4.78, 5) is 6.75. The number of aromatic nitrogens is 3. The number of hydrogen-bond donors (Lipinski definition) is 0. The predicted molar refractivity (Wildman–Crippen MR) is 88.7 cm³/mol. The van der Waals surface area contributed by atoms with Crippen molar-refractivity contribution in [3.05, 3.63) is 46.8 Å². The Kier molecular flexibility index (Phi) is 4.91. The molecule has 2 heterocycles. The van der Waals surface area contributed by atoms with Gasteiger partial charge in [-0.2, -0.15) is 10.4 Å². The van der Waals surface area contributed by atoms with E-state index in [0.717, 1.165) is 43.1 Å². The summed E-state index contributed by atoms with van der Waals surface area (Å²) in [5.41, 5.74) is 1.31. The second-order valence-corrected chi connectivity index (χ2v) is 6.42. The maximum Gasteiger partial charge on any atom is 0.147 e. The van der Waals surface area contributed by atoms with Crippen molar-refractivity contribution in [2.24, 2.45) is 0 Å². The molecule has 0 spiro atoms. The Bertz CT molecular complexity index is 761. The Morgan fingerprint density at radius 1 is 1.33 bits per heavy atom. The number of benzene rings is 1. The fourth-order valence-electron chi connectivity index (χ4n) is 3.42. The minimum Gasteiger partial charge on any atom is -0.294 e. The highest BCUT2D eigenvalue weighted by Gasteiger charge is 2.24. The molecule has 1 aromatic carbocycles. The van der Waals surface area contributed by atoms with Crippen LogP contribution in [-0.2, 0) is 13.1 Å². The van der Waals surface area contributed by atoms with Gasteiger partial charge in [-0.25, -0.2) is 14.1 Å². The number of piperidine rings is 1. The smallest absolute Gasteiger partial charge is 0.147 e. The Morgan fingerprint density at radius 3 is 2.88 bits per heavy atom. The molecule has 0 aliphatic carbocycles. The lowest BCUT2D eigenvalue weighted by Gasteiger charge is -2.36. The van der Waals surface area contributed by atoms with Crippen LogP contribution in [0.5, 0.6) is 0 Å². The third kappa shape index (κ3) is 3.62. The molecule has 1 aromatic heterocycles. The van der Waals surface area contributed by atoms with E-state index in [9.17, 15) is 9.65 Å². The van der Waals surface area contributed by atoms with Gasteiger partial charge in [-0.1, -0.05) is 12.5 Å². The summed E-state index contributed by atoms with van der Waals surface area (Å²) in [7, 11) is 0. The average Bonchev–Trinajstić information content (AvgIpc) is 2.88. The third-order valence-corrected chi connectivity index (χ3v) is 4.66. The first-order valence-electron chi connectivity index (χ1n) is 8.37. The van der Waals surface area contributed by atoms with Gasteiger partial charge in [0.2, 0.25) is 0 Å². The van der Waals surface area contributed by atoms with Gasteiger partial charge in [0.05, 0.1) is 18.2 Å². The van der Waals surface area contributed by atoms with Crippen molar-refractivity contribution in [1.29, 1.82) is 5.26 Å². The largest absolute Gasteiger partial charge is 0.294 e. The summed E-state index contributed by atoms with van der Waals surface area (Å²) in [5, 5.41) is 13.7. The van der Waals surface area contributed by atoms with E-state index in [1.165, 1.54) is 18.6 Å². The topological polar surface area (TPSA) is 57.7 Å². The van der Waals surface area contributed by atoms with E-state index in [0.29, 0.717) is 18.2 Å². The minimum atomic E-state index is -0.362. The Hall–Kier alpha value is -2.26. The van der Waals surface area contributed by atoms with Crippen LogP contribution < -0.4 is 0 Å². The van der Waals surface area contributed by atoms with Gasteiger partial charge in [0.25, 0.3) is 0 Å². The first kappa shape index (κ1) is 16.6. The molecular weight excluding hydrogens is 305 g/mol. The molecule has 3 rings (SSSR count). The summed E-state index contributed by atoms with van der Waals surface area (Å²) in [6.45, 7) is 6.33. The van der Waals surface area contributed by atoms with Crippen molar-refractivity contribution in [1.82, 2.24) is 19.7 Å². The van der Waals surface area contributed by atoms with Gasteiger partial charge >= 0.3 is 0 Å². The molecule has 6 heteroatoms. The standard InChI is InChI=1S/C18H22FN5/c1-13-21-14(2)24(22-13)12-18-5-3-4-8-23(18)11-15-6-7-17(19)9-16(15)10-20/h6-7,9,18H,3-5,8,11-12H2,1-2H3/t18-/m0/s1. The predicted octanol–water partition coefficient (Wildman–Crippen LogP) is 2.96. The van der Waals surface area contributed by atoms with Crippen molar-refractivity contribution in [3.63, 3.8) is 0 Å². The molecule has 0 N–H and O–H groups in total. The number of rotatable bonds is 4. The highest BCUT2D eigenvalue weighted by atomic mass is 19.1. The monoisotopic (exact) mass is 327 g/mol. The van der Waals surface area contributed by atoms with Crippen molar-refractivity contribution in [2.45, 2.75) is 52.2 Å². The van der Waals surface area contributed by atoms with Gasteiger partial charge in [0.15, 0.2) is 0 Å². The molecule has 0 saturated carbocycles. The number of nitrogens with zero attached hydrogens (tertiary/aromatic N) is 5. The maximum atomic E-state index is 13.3. The Morgan fingerprint density at radius 2 is 2.17 bits per heavy atom. The van der Waals surface area contributed by atoms with Crippen LogP contribution in [0, 0.1) is 31.0 Å². The highest BCUT2D eigenvalue weighted by molar-refractivity contribution is 5.37. The summed E-state index contributed by atoms with van der Waals surface area (Å²) < 4.78 is 15.3. The number of likely N-dealkylation sites (tertiary alicyclic amines) is 1. The minimum absolute atomic E-state index is 0.357. The van der Waals surface area contributed by atoms with Crippen molar-refractivity contribution in [3.8, 4) is 6.07 Å². The summed E-state index contributed by atoms with van der Waals surface area (Å²) in [6, 6.07) is 6.94. The van der Waals surface area contributed by atoms with Gasteiger partial charge < -0.3 is 0 Å². The molecule has 126 valence electrons. The van der Waals surface area contributed by atoms with Crippen LogP contribution in [0.4, 0.5) is 4.39 Å². The zero-order valence-corrected chi connectivity index (χ0v) is 14.2. The van der Waals surface area contributed by atoms with E-state index in [1.807, 2.05) is 18.5 Å². The summed E-state index contributed by atoms with van der Waals surface area (Å²) in [5.74, 6) is 1.36. The van der Waals surface area contributed by atoms with Crippen LogP contribution in [0.25, 0.3) is 0 Å². The second-order valence-electron chi connectivity index (χ2n) is 6.42. The van der Waals surface area contributed by atoms with Gasteiger partial charge in [-0.05, 0) is 50.9 Å². The third-order valence-electron chi connectivity index (χ3n) is 4.66. The number of nitriles is 1.